The molecular formula is C11H18N2O. The van der Waals surface area contributed by atoms with Crippen molar-refractivity contribution in [1.29, 1.82) is 0 Å². The first-order valence-corrected chi connectivity index (χ1v) is 5.43. The molecular weight excluding hydrogens is 176 g/mol. The summed E-state index contributed by atoms with van der Waals surface area (Å²) in [4.78, 5) is 4.41. The maximum atomic E-state index is 9.55. The van der Waals surface area contributed by atoms with E-state index in [0.29, 0.717) is 0 Å². The summed E-state index contributed by atoms with van der Waals surface area (Å²) in [5.41, 5.74) is 2.58. The van der Waals surface area contributed by atoms with Gasteiger partial charge in [0, 0.05) is 5.69 Å². The van der Waals surface area contributed by atoms with Crippen molar-refractivity contribution in [3.05, 3.63) is 17.7 Å². The number of hydrogen-bond acceptors (Lipinski definition) is 2. The summed E-state index contributed by atoms with van der Waals surface area (Å²) < 4.78 is 2.14. The third-order valence-electron chi connectivity index (χ3n) is 3.20. The monoisotopic (exact) mass is 194 g/mol. The molecule has 0 bridgehead atoms. The van der Waals surface area contributed by atoms with Crippen LogP contribution in [0.1, 0.15) is 44.1 Å². The second kappa shape index (κ2) is 3.73. The predicted molar refractivity (Wildman–Crippen MR) is 55.3 cm³/mol. The lowest BCUT2D eigenvalue weighted by molar-refractivity contribution is 0.137. The standard InChI is InChI=1S/C11H18N2O/c1-8(9(2)14)13-7-12-10-5-3-4-6-11(10)13/h7-9,14H,3-6H2,1-2H3. The van der Waals surface area contributed by atoms with Crippen molar-refractivity contribution in [2.24, 2.45) is 0 Å². The van der Waals surface area contributed by atoms with Crippen LogP contribution in [0.2, 0.25) is 0 Å². The Bertz CT molecular complexity index is 317. The van der Waals surface area contributed by atoms with Gasteiger partial charge in [0.15, 0.2) is 0 Å². The molecule has 2 unspecified atom stereocenters. The summed E-state index contributed by atoms with van der Waals surface area (Å²) in [6.45, 7) is 3.88. The van der Waals surface area contributed by atoms with Crippen LogP contribution in [-0.4, -0.2) is 20.8 Å². The Labute approximate surface area is 84.8 Å². The summed E-state index contributed by atoms with van der Waals surface area (Å²) in [6.07, 6.45) is 6.31. The maximum Gasteiger partial charge on any atom is 0.0955 e. The van der Waals surface area contributed by atoms with Crippen LogP contribution < -0.4 is 0 Å². The van der Waals surface area contributed by atoms with Gasteiger partial charge < -0.3 is 9.67 Å². The molecule has 0 amide bonds. The number of aromatic nitrogens is 2. The lowest BCUT2D eigenvalue weighted by Gasteiger charge is -2.21. The smallest absolute Gasteiger partial charge is 0.0955 e. The molecule has 0 spiro atoms. The maximum absolute atomic E-state index is 9.55. The molecule has 1 aliphatic rings. The highest BCUT2D eigenvalue weighted by atomic mass is 16.3. The molecule has 1 aliphatic carbocycles. The number of rotatable bonds is 2. The average molecular weight is 194 g/mol. The minimum atomic E-state index is -0.310. The van der Waals surface area contributed by atoms with Crippen LogP contribution in [0.15, 0.2) is 6.33 Å². The van der Waals surface area contributed by atoms with Crippen LogP contribution >= 0.6 is 0 Å². The van der Waals surface area contributed by atoms with E-state index < -0.39 is 0 Å². The second-order valence-corrected chi connectivity index (χ2v) is 4.23. The zero-order valence-corrected chi connectivity index (χ0v) is 8.90. The average Bonchev–Trinajstić information content (AvgIpc) is 2.60. The van der Waals surface area contributed by atoms with Gasteiger partial charge in [0.25, 0.3) is 0 Å². The summed E-state index contributed by atoms with van der Waals surface area (Å²) in [6, 6.07) is 0.143. The van der Waals surface area contributed by atoms with E-state index in [2.05, 4.69) is 9.55 Å². The minimum Gasteiger partial charge on any atom is -0.391 e. The van der Waals surface area contributed by atoms with Crippen LogP contribution in [0.5, 0.6) is 0 Å². The highest BCUT2D eigenvalue weighted by Crippen LogP contribution is 2.23. The molecule has 0 radical (unpaired) electrons. The molecule has 1 N–H and O–H groups in total. The van der Waals surface area contributed by atoms with E-state index in [9.17, 15) is 5.11 Å². The molecule has 1 aromatic heterocycles. The molecule has 2 atom stereocenters. The van der Waals surface area contributed by atoms with E-state index in [4.69, 9.17) is 0 Å². The van der Waals surface area contributed by atoms with E-state index >= 15 is 0 Å². The van der Waals surface area contributed by atoms with Crippen LogP contribution in [0, 0.1) is 0 Å². The number of fused-ring (bicyclic) bond motifs is 1. The highest BCUT2D eigenvalue weighted by Gasteiger charge is 2.20. The number of aliphatic hydroxyl groups excluding tert-OH is 1. The van der Waals surface area contributed by atoms with E-state index in [0.717, 1.165) is 12.8 Å². The molecule has 0 saturated heterocycles. The van der Waals surface area contributed by atoms with Gasteiger partial charge in [-0.25, -0.2) is 4.98 Å². The Kier molecular flexibility index (Phi) is 2.59. The van der Waals surface area contributed by atoms with Crippen LogP contribution in [0.4, 0.5) is 0 Å². The molecule has 0 aromatic carbocycles. The SMILES string of the molecule is CC(O)C(C)n1cnc2c1CCCC2. The third-order valence-corrected chi connectivity index (χ3v) is 3.20. The number of nitrogens with zero attached hydrogens (tertiary/aromatic N) is 2. The number of aryl methyl sites for hydroxylation is 1. The first-order chi connectivity index (χ1) is 6.70. The molecule has 14 heavy (non-hydrogen) atoms. The molecule has 3 heteroatoms. The van der Waals surface area contributed by atoms with E-state index in [1.807, 2.05) is 20.2 Å². The summed E-state index contributed by atoms with van der Waals surface area (Å²) >= 11 is 0. The Morgan fingerprint density at radius 1 is 1.36 bits per heavy atom. The number of aliphatic hydroxyl groups is 1. The van der Waals surface area contributed by atoms with Crippen molar-refractivity contribution in [2.45, 2.75) is 51.7 Å². The fraction of sp³-hybridized carbons (Fsp3) is 0.727. The molecule has 1 aromatic rings. The Balaban J connectivity index is 2.30. The fourth-order valence-electron chi connectivity index (χ4n) is 2.08. The molecule has 2 rings (SSSR count). The van der Waals surface area contributed by atoms with Gasteiger partial charge in [-0.2, -0.15) is 0 Å². The van der Waals surface area contributed by atoms with E-state index in [1.54, 1.807) is 0 Å². The summed E-state index contributed by atoms with van der Waals surface area (Å²) in [5.74, 6) is 0. The van der Waals surface area contributed by atoms with E-state index in [-0.39, 0.29) is 12.1 Å². The van der Waals surface area contributed by atoms with Crippen molar-refractivity contribution in [3.8, 4) is 0 Å². The number of hydrogen-bond donors (Lipinski definition) is 1. The zero-order chi connectivity index (χ0) is 10.1. The van der Waals surface area contributed by atoms with Gasteiger partial charge in [-0.05, 0) is 39.5 Å². The zero-order valence-electron chi connectivity index (χ0n) is 8.90. The van der Waals surface area contributed by atoms with Gasteiger partial charge >= 0.3 is 0 Å². The van der Waals surface area contributed by atoms with Gasteiger partial charge in [-0.3, -0.25) is 0 Å². The quantitative estimate of drug-likeness (QED) is 0.778. The van der Waals surface area contributed by atoms with Gasteiger partial charge in [0.2, 0.25) is 0 Å². The van der Waals surface area contributed by atoms with Gasteiger partial charge in [-0.15, -0.1) is 0 Å². The highest BCUT2D eigenvalue weighted by molar-refractivity contribution is 5.17. The predicted octanol–water partition coefficient (Wildman–Crippen LogP) is 1.70. The molecule has 0 saturated carbocycles. The van der Waals surface area contributed by atoms with Crippen molar-refractivity contribution in [1.82, 2.24) is 9.55 Å². The first kappa shape index (κ1) is 9.71. The van der Waals surface area contributed by atoms with E-state index in [1.165, 1.54) is 24.2 Å². The largest absolute Gasteiger partial charge is 0.391 e. The molecule has 3 nitrogen and oxygen atoms in total. The third kappa shape index (κ3) is 1.57. The normalized spacial score (nSPS) is 20.2. The van der Waals surface area contributed by atoms with Gasteiger partial charge in [0.1, 0.15) is 0 Å². The van der Waals surface area contributed by atoms with Crippen LogP contribution in [-0.2, 0) is 12.8 Å². The summed E-state index contributed by atoms with van der Waals surface area (Å²) in [7, 11) is 0. The number of imidazole rings is 1. The van der Waals surface area contributed by atoms with Crippen LogP contribution in [0.3, 0.4) is 0 Å². The lowest BCUT2D eigenvalue weighted by Crippen LogP contribution is -2.20. The van der Waals surface area contributed by atoms with Crippen molar-refractivity contribution < 1.29 is 5.11 Å². The topological polar surface area (TPSA) is 38.0 Å². The molecule has 1 heterocycles. The van der Waals surface area contributed by atoms with Crippen molar-refractivity contribution in [3.63, 3.8) is 0 Å². The van der Waals surface area contributed by atoms with Crippen molar-refractivity contribution in [2.75, 3.05) is 0 Å². The van der Waals surface area contributed by atoms with Crippen molar-refractivity contribution >= 4 is 0 Å². The Morgan fingerprint density at radius 3 is 2.79 bits per heavy atom. The fourth-order valence-corrected chi connectivity index (χ4v) is 2.08. The molecule has 78 valence electrons. The van der Waals surface area contributed by atoms with Crippen LogP contribution in [0.25, 0.3) is 0 Å². The second-order valence-electron chi connectivity index (χ2n) is 4.23. The summed E-state index contributed by atoms with van der Waals surface area (Å²) in [5, 5.41) is 9.55. The lowest BCUT2D eigenvalue weighted by atomic mass is 10.0. The van der Waals surface area contributed by atoms with Gasteiger partial charge in [-0.1, -0.05) is 0 Å². The Morgan fingerprint density at radius 2 is 2.07 bits per heavy atom. The minimum absolute atomic E-state index is 0.143. The molecule has 0 aliphatic heterocycles. The first-order valence-electron chi connectivity index (χ1n) is 5.43. The Hall–Kier alpha value is -0.830. The molecule has 0 fully saturated rings. The van der Waals surface area contributed by atoms with Gasteiger partial charge in [0.05, 0.1) is 24.2 Å².